The molecule has 0 aliphatic carbocycles. The molecule has 0 fully saturated rings. The highest BCUT2D eigenvalue weighted by Gasteiger charge is 2.24. The van der Waals surface area contributed by atoms with Crippen molar-refractivity contribution < 1.29 is 4.79 Å². The third kappa shape index (κ3) is 3.33. The summed E-state index contributed by atoms with van der Waals surface area (Å²) in [6.45, 7) is 6.36. The van der Waals surface area contributed by atoms with Crippen molar-refractivity contribution >= 4 is 39.9 Å². The van der Waals surface area contributed by atoms with E-state index in [9.17, 15) is 4.79 Å². The first-order valence-corrected chi connectivity index (χ1v) is 10.1. The molecule has 142 valence electrons. The van der Waals surface area contributed by atoms with Crippen LogP contribution in [0.25, 0.3) is 16.6 Å². The van der Waals surface area contributed by atoms with Crippen LogP contribution in [-0.2, 0) is 4.79 Å². The largest absolute Gasteiger partial charge is 0.312 e. The molecule has 4 rings (SSSR count). The van der Waals surface area contributed by atoms with Crippen molar-refractivity contribution in [2.24, 2.45) is 0 Å². The van der Waals surface area contributed by atoms with Crippen LogP contribution in [0.2, 0.25) is 0 Å². The van der Waals surface area contributed by atoms with Gasteiger partial charge in [0, 0.05) is 17.6 Å². The van der Waals surface area contributed by atoms with E-state index in [2.05, 4.69) is 10.1 Å². The van der Waals surface area contributed by atoms with Gasteiger partial charge in [0.25, 0.3) is 0 Å². The van der Waals surface area contributed by atoms with Gasteiger partial charge in [-0.25, -0.2) is 9.97 Å². The summed E-state index contributed by atoms with van der Waals surface area (Å²) in [4.78, 5) is 24.2. The Morgan fingerprint density at radius 1 is 1.11 bits per heavy atom. The standard InChI is InChI=1S/C21H21N5OS/c1-4-25(16-10-6-5-7-11-16)20(27)14(2)28-21-23-18-13-9-8-12-17(18)19-22-15(3)24-26(19)21/h5-14H,4H2,1-3H3. The summed E-state index contributed by atoms with van der Waals surface area (Å²) in [5.74, 6) is 0.720. The van der Waals surface area contributed by atoms with Crippen molar-refractivity contribution in [3.8, 4) is 0 Å². The molecule has 0 N–H and O–H groups in total. The van der Waals surface area contributed by atoms with Crippen LogP contribution in [0.15, 0.2) is 59.8 Å². The number of amides is 1. The number of anilines is 1. The molecule has 2 heterocycles. The van der Waals surface area contributed by atoms with Gasteiger partial charge in [-0.3, -0.25) is 4.79 Å². The number of aryl methyl sites for hydroxylation is 1. The average molecular weight is 392 g/mol. The maximum atomic E-state index is 13.1. The molecule has 0 bridgehead atoms. The van der Waals surface area contributed by atoms with Gasteiger partial charge in [-0.1, -0.05) is 42.1 Å². The first-order valence-electron chi connectivity index (χ1n) is 9.23. The number of hydrogen-bond acceptors (Lipinski definition) is 5. The van der Waals surface area contributed by atoms with Crippen LogP contribution in [0.5, 0.6) is 0 Å². The van der Waals surface area contributed by atoms with Crippen LogP contribution >= 0.6 is 11.8 Å². The maximum absolute atomic E-state index is 13.1. The van der Waals surface area contributed by atoms with E-state index in [0.717, 1.165) is 22.2 Å². The van der Waals surface area contributed by atoms with E-state index in [1.54, 1.807) is 9.42 Å². The lowest BCUT2D eigenvalue weighted by Gasteiger charge is -2.24. The molecule has 1 unspecified atom stereocenters. The SMILES string of the molecule is CCN(C(=O)C(C)Sc1nc2ccccc2c2nc(C)nn12)c1ccccc1. The molecule has 0 radical (unpaired) electrons. The molecule has 1 amide bonds. The summed E-state index contributed by atoms with van der Waals surface area (Å²) in [7, 11) is 0. The summed E-state index contributed by atoms with van der Waals surface area (Å²) < 4.78 is 1.74. The second-order valence-corrected chi connectivity index (χ2v) is 7.79. The molecule has 1 atom stereocenters. The van der Waals surface area contributed by atoms with E-state index in [-0.39, 0.29) is 11.2 Å². The Morgan fingerprint density at radius 3 is 2.57 bits per heavy atom. The fourth-order valence-electron chi connectivity index (χ4n) is 3.21. The van der Waals surface area contributed by atoms with Crippen molar-refractivity contribution in [3.63, 3.8) is 0 Å². The second kappa shape index (κ2) is 7.59. The van der Waals surface area contributed by atoms with Crippen LogP contribution in [-0.4, -0.2) is 37.3 Å². The summed E-state index contributed by atoms with van der Waals surface area (Å²) in [6, 6.07) is 17.6. The molecular formula is C21H21N5OS. The average Bonchev–Trinajstić information content (AvgIpc) is 3.11. The van der Waals surface area contributed by atoms with Gasteiger partial charge in [0.05, 0.1) is 10.8 Å². The van der Waals surface area contributed by atoms with E-state index in [1.165, 1.54) is 11.8 Å². The van der Waals surface area contributed by atoms with Crippen LogP contribution in [0.4, 0.5) is 5.69 Å². The molecular weight excluding hydrogens is 370 g/mol. The summed E-state index contributed by atoms with van der Waals surface area (Å²) in [6.07, 6.45) is 0. The number of hydrogen-bond donors (Lipinski definition) is 0. The van der Waals surface area contributed by atoms with Crippen molar-refractivity contribution in [3.05, 3.63) is 60.4 Å². The van der Waals surface area contributed by atoms with Crippen LogP contribution in [0.3, 0.4) is 0 Å². The summed E-state index contributed by atoms with van der Waals surface area (Å²) in [5, 5.41) is 5.79. The van der Waals surface area contributed by atoms with Gasteiger partial charge in [0.15, 0.2) is 10.8 Å². The van der Waals surface area contributed by atoms with Crippen LogP contribution in [0.1, 0.15) is 19.7 Å². The molecule has 0 saturated heterocycles. The van der Waals surface area contributed by atoms with Crippen molar-refractivity contribution in [2.45, 2.75) is 31.2 Å². The molecule has 2 aromatic heterocycles. The number of fused-ring (bicyclic) bond motifs is 3. The quantitative estimate of drug-likeness (QED) is 0.378. The van der Waals surface area contributed by atoms with E-state index in [1.807, 2.05) is 75.4 Å². The summed E-state index contributed by atoms with van der Waals surface area (Å²) in [5.41, 5.74) is 2.51. The monoisotopic (exact) mass is 391 g/mol. The smallest absolute Gasteiger partial charge is 0.240 e. The minimum absolute atomic E-state index is 0.0404. The van der Waals surface area contributed by atoms with Gasteiger partial charge in [-0.05, 0) is 45.0 Å². The number of aromatic nitrogens is 4. The lowest BCUT2D eigenvalue weighted by atomic mass is 10.2. The third-order valence-electron chi connectivity index (χ3n) is 4.54. The first kappa shape index (κ1) is 18.4. The minimum Gasteiger partial charge on any atom is -0.312 e. The number of para-hydroxylation sites is 2. The first-order chi connectivity index (χ1) is 13.6. The molecule has 0 aliphatic heterocycles. The Hall–Kier alpha value is -2.93. The number of nitrogens with zero attached hydrogens (tertiary/aromatic N) is 5. The lowest BCUT2D eigenvalue weighted by Crippen LogP contribution is -2.36. The molecule has 0 aliphatic rings. The highest BCUT2D eigenvalue weighted by Crippen LogP contribution is 2.28. The number of rotatable bonds is 5. The van der Waals surface area contributed by atoms with Crippen molar-refractivity contribution in [1.82, 2.24) is 19.6 Å². The number of carbonyl (C=O) groups excluding carboxylic acids is 1. The number of carbonyl (C=O) groups is 1. The Bertz CT molecular complexity index is 1140. The summed E-state index contributed by atoms with van der Waals surface area (Å²) >= 11 is 1.41. The number of thioether (sulfide) groups is 1. The molecule has 4 aromatic rings. The zero-order valence-electron chi connectivity index (χ0n) is 16.0. The van der Waals surface area contributed by atoms with E-state index in [4.69, 9.17) is 4.98 Å². The Labute approximate surface area is 167 Å². The van der Waals surface area contributed by atoms with Crippen LogP contribution in [0, 0.1) is 6.92 Å². The van der Waals surface area contributed by atoms with Gasteiger partial charge in [-0.2, -0.15) is 4.52 Å². The third-order valence-corrected chi connectivity index (χ3v) is 5.57. The predicted octanol–water partition coefficient (Wildman–Crippen LogP) is 4.12. The molecule has 28 heavy (non-hydrogen) atoms. The predicted molar refractivity (Wildman–Crippen MR) is 113 cm³/mol. The van der Waals surface area contributed by atoms with Gasteiger partial charge >= 0.3 is 0 Å². The normalized spacial score (nSPS) is 12.4. The highest BCUT2D eigenvalue weighted by atomic mass is 32.2. The van der Waals surface area contributed by atoms with E-state index in [0.29, 0.717) is 17.5 Å². The Morgan fingerprint density at radius 2 is 1.82 bits per heavy atom. The molecule has 7 heteroatoms. The second-order valence-electron chi connectivity index (χ2n) is 6.48. The van der Waals surface area contributed by atoms with Gasteiger partial charge in [0.1, 0.15) is 5.82 Å². The zero-order valence-corrected chi connectivity index (χ0v) is 16.8. The maximum Gasteiger partial charge on any atom is 0.240 e. The van der Waals surface area contributed by atoms with Gasteiger partial charge in [0.2, 0.25) is 5.91 Å². The van der Waals surface area contributed by atoms with Crippen molar-refractivity contribution in [1.29, 1.82) is 0 Å². The molecule has 6 nitrogen and oxygen atoms in total. The molecule has 2 aromatic carbocycles. The van der Waals surface area contributed by atoms with Gasteiger partial charge in [-0.15, -0.1) is 5.10 Å². The van der Waals surface area contributed by atoms with Crippen LogP contribution < -0.4 is 4.90 Å². The molecule has 0 saturated carbocycles. The van der Waals surface area contributed by atoms with Crippen molar-refractivity contribution in [2.75, 3.05) is 11.4 Å². The van der Waals surface area contributed by atoms with E-state index < -0.39 is 0 Å². The highest BCUT2D eigenvalue weighted by molar-refractivity contribution is 8.00. The fourth-order valence-corrected chi connectivity index (χ4v) is 4.13. The minimum atomic E-state index is -0.318. The Balaban J connectivity index is 1.69. The zero-order chi connectivity index (χ0) is 19.7. The fraction of sp³-hybridized carbons (Fsp3) is 0.238. The topological polar surface area (TPSA) is 63.4 Å². The Kier molecular flexibility index (Phi) is 5.00. The van der Waals surface area contributed by atoms with Gasteiger partial charge < -0.3 is 4.90 Å². The molecule has 0 spiro atoms. The lowest BCUT2D eigenvalue weighted by molar-refractivity contribution is -0.117. The van der Waals surface area contributed by atoms with E-state index >= 15 is 0 Å². The number of benzene rings is 2.